The van der Waals surface area contributed by atoms with E-state index in [-0.39, 0.29) is 31.2 Å². The zero-order chi connectivity index (χ0) is 12.7. The highest BCUT2D eigenvalue weighted by Crippen LogP contribution is 2.09. The third-order valence-corrected chi connectivity index (χ3v) is 2.02. The van der Waals surface area contributed by atoms with Crippen molar-refractivity contribution in [1.82, 2.24) is 10.6 Å². The summed E-state index contributed by atoms with van der Waals surface area (Å²) in [4.78, 5) is 21.5. The summed E-state index contributed by atoms with van der Waals surface area (Å²) in [7, 11) is 0. The molecule has 0 aliphatic heterocycles. The van der Waals surface area contributed by atoms with Crippen LogP contribution in [-0.4, -0.2) is 35.3 Å². The molecule has 6 heteroatoms. The lowest BCUT2D eigenvalue weighted by atomic mass is 10.1. The number of phenols is 1. The Kier molecular flexibility index (Phi) is 4.80. The van der Waals surface area contributed by atoms with Crippen molar-refractivity contribution in [1.29, 1.82) is 0 Å². The summed E-state index contributed by atoms with van der Waals surface area (Å²) in [5.74, 6) is -0.0392. The first-order valence-corrected chi connectivity index (χ1v) is 5.09. The molecule has 0 aromatic heterocycles. The number of aromatic hydroxyl groups is 1. The lowest BCUT2D eigenvalue weighted by molar-refractivity contribution is -0.120. The Bertz CT molecular complexity index is 389. The Morgan fingerprint density at radius 1 is 1.06 bits per heavy atom. The smallest absolute Gasteiger partial charge is 0.404 e. The lowest BCUT2D eigenvalue weighted by Crippen LogP contribution is -2.34. The molecule has 0 unspecified atom stereocenters. The van der Waals surface area contributed by atoms with Gasteiger partial charge < -0.3 is 20.8 Å². The highest BCUT2D eigenvalue weighted by atomic mass is 16.4. The van der Waals surface area contributed by atoms with Crippen molar-refractivity contribution in [3.05, 3.63) is 29.8 Å². The number of amides is 2. The molecule has 92 valence electrons. The maximum atomic E-state index is 11.4. The van der Waals surface area contributed by atoms with Crippen molar-refractivity contribution >= 4 is 12.0 Å². The average molecular weight is 238 g/mol. The number of benzene rings is 1. The molecule has 0 heterocycles. The van der Waals surface area contributed by atoms with Crippen LogP contribution in [0.2, 0.25) is 0 Å². The molecule has 1 aromatic carbocycles. The molecule has 0 fully saturated rings. The SMILES string of the molecule is O=C(O)NCCNC(=O)Cc1ccc(O)cc1. The minimum atomic E-state index is -1.11. The summed E-state index contributed by atoms with van der Waals surface area (Å²) in [6.07, 6.45) is -0.911. The molecule has 4 N–H and O–H groups in total. The molecule has 17 heavy (non-hydrogen) atoms. The van der Waals surface area contributed by atoms with Crippen LogP contribution in [-0.2, 0) is 11.2 Å². The van der Waals surface area contributed by atoms with E-state index >= 15 is 0 Å². The summed E-state index contributed by atoms with van der Waals surface area (Å²) in [5.41, 5.74) is 0.784. The number of nitrogens with one attached hydrogen (secondary N) is 2. The minimum absolute atomic E-state index is 0.153. The van der Waals surface area contributed by atoms with E-state index in [9.17, 15) is 9.59 Å². The first-order chi connectivity index (χ1) is 8.08. The third kappa shape index (κ3) is 5.41. The first kappa shape index (κ1) is 12.8. The zero-order valence-corrected chi connectivity index (χ0v) is 9.14. The molecular formula is C11H14N2O4. The predicted octanol–water partition coefficient (Wildman–Crippen LogP) is 0.318. The van der Waals surface area contributed by atoms with Gasteiger partial charge in [-0.15, -0.1) is 0 Å². The summed E-state index contributed by atoms with van der Waals surface area (Å²) in [6, 6.07) is 6.33. The predicted molar refractivity (Wildman–Crippen MR) is 60.8 cm³/mol. The fraction of sp³-hybridized carbons (Fsp3) is 0.273. The largest absolute Gasteiger partial charge is 0.508 e. The Balaban J connectivity index is 2.25. The maximum Gasteiger partial charge on any atom is 0.404 e. The second-order valence-corrected chi connectivity index (χ2v) is 3.43. The van der Waals surface area contributed by atoms with Crippen molar-refractivity contribution in [3.8, 4) is 5.75 Å². The van der Waals surface area contributed by atoms with Gasteiger partial charge in [0.15, 0.2) is 0 Å². The number of hydrogen-bond acceptors (Lipinski definition) is 3. The number of carboxylic acid groups (broad SMARTS) is 1. The number of rotatable bonds is 5. The molecule has 2 amide bonds. The fourth-order valence-electron chi connectivity index (χ4n) is 1.23. The minimum Gasteiger partial charge on any atom is -0.508 e. The topological polar surface area (TPSA) is 98.7 Å². The van der Waals surface area contributed by atoms with Crippen LogP contribution in [0.3, 0.4) is 0 Å². The van der Waals surface area contributed by atoms with Gasteiger partial charge in [0.2, 0.25) is 5.91 Å². The van der Waals surface area contributed by atoms with Crippen LogP contribution in [0.4, 0.5) is 4.79 Å². The van der Waals surface area contributed by atoms with Gasteiger partial charge in [-0.05, 0) is 17.7 Å². The standard InChI is InChI=1S/C11H14N2O4/c14-9-3-1-8(2-4-9)7-10(15)12-5-6-13-11(16)17/h1-4,13-14H,5-7H2,(H,12,15)(H,16,17). The highest BCUT2D eigenvalue weighted by Gasteiger charge is 2.02. The Labute approximate surface area is 98.3 Å². The summed E-state index contributed by atoms with van der Waals surface area (Å²) < 4.78 is 0. The van der Waals surface area contributed by atoms with E-state index in [0.717, 1.165) is 5.56 Å². The summed E-state index contributed by atoms with van der Waals surface area (Å²) in [5, 5.41) is 22.1. The van der Waals surface area contributed by atoms with Crippen molar-refractivity contribution in [2.45, 2.75) is 6.42 Å². The molecule has 0 atom stereocenters. The molecular weight excluding hydrogens is 224 g/mol. The lowest BCUT2D eigenvalue weighted by Gasteiger charge is -2.05. The van der Waals surface area contributed by atoms with Gasteiger partial charge in [0.05, 0.1) is 6.42 Å². The van der Waals surface area contributed by atoms with Gasteiger partial charge in [-0.2, -0.15) is 0 Å². The van der Waals surface area contributed by atoms with Crippen LogP contribution in [0.1, 0.15) is 5.56 Å². The average Bonchev–Trinajstić information content (AvgIpc) is 2.27. The van der Waals surface area contributed by atoms with E-state index in [4.69, 9.17) is 10.2 Å². The van der Waals surface area contributed by atoms with Crippen LogP contribution in [0.5, 0.6) is 5.75 Å². The van der Waals surface area contributed by atoms with Gasteiger partial charge in [-0.1, -0.05) is 12.1 Å². The highest BCUT2D eigenvalue weighted by molar-refractivity contribution is 5.78. The normalized spacial score (nSPS) is 9.65. The van der Waals surface area contributed by atoms with Crippen LogP contribution < -0.4 is 10.6 Å². The second-order valence-electron chi connectivity index (χ2n) is 3.43. The number of phenolic OH excluding ortho intramolecular Hbond substituents is 1. The van der Waals surface area contributed by atoms with Crippen molar-refractivity contribution in [2.24, 2.45) is 0 Å². The van der Waals surface area contributed by atoms with Crippen LogP contribution >= 0.6 is 0 Å². The fourth-order valence-corrected chi connectivity index (χ4v) is 1.23. The van der Waals surface area contributed by atoms with Gasteiger partial charge in [0.25, 0.3) is 0 Å². The van der Waals surface area contributed by atoms with Crippen molar-refractivity contribution in [3.63, 3.8) is 0 Å². The quantitative estimate of drug-likeness (QED) is 0.555. The van der Waals surface area contributed by atoms with Gasteiger partial charge in [0, 0.05) is 13.1 Å². The monoisotopic (exact) mass is 238 g/mol. The van der Waals surface area contributed by atoms with Crippen LogP contribution in [0.25, 0.3) is 0 Å². The van der Waals surface area contributed by atoms with E-state index in [0.29, 0.717) is 0 Å². The van der Waals surface area contributed by atoms with Gasteiger partial charge in [0.1, 0.15) is 5.75 Å². The Morgan fingerprint density at radius 3 is 2.24 bits per heavy atom. The molecule has 6 nitrogen and oxygen atoms in total. The molecule has 1 rings (SSSR count). The zero-order valence-electron chi connectivity index (χ0n) is 9.14. The second kappa shape index (κ2) is 6.37. The molecule has 0 aliphatic carbocycles. The maximum absolute atomic E-state index is 11.4. The van der Waals surface area contributed by atoms with Gasteiger partial charge in [-0.25, -0.2) is 4.79 Å². The van der Waals surface area contributed by atoms with E-state index in [2.05, 4.69) is 10.6 Å². The molecule has 0 radical (unpaired) electrons. The van der Waals surface area contributed by atoms with E-state index in [1.54, 1.807) is 12.1 Å². The molecule has 0 saturated heterocycles. The first-order valence-electron chi connectivity index (χ1n) is 5.09. The number of carbonyl (C=O) groups excluding carboxylic acids is 1. The van der Waals surface area contributed by atoms with Gasteiger partial charge in [-0.3, -0.25) is 4.79 Å². The van der Waals surface area contributed by atoms with E-state index in [1.165, 1.54) is 12.1 Å². The van der Waals surface area contributed by atoms with E-state index in [1.807, 2.05) is 0 Å². The molecule has 0 spiro atoms. The van der Waals surface area contributed by atoms with Crippen molar-refractivity contribution < 1.29 is 19.8 Å². The molecule has 0 aliphatic rings. The van der Waals surface area contributed by atoms with Crippen LogP contribution in [0, 0.1) is 0 Å². The summed E-state index contributed by atoms with van der Waals surface area (Å²) in [6.45, 7) is 0.430. The van der Waals surface area contributed by atoms with Crippen LogP contribution in [0.15, 0.2) is 24.3 Å². The molecule has 0 bridgehead atoms. The number of hydrogen-bond donors (Lipinski definition) is 4. The van der Waals surface area contributed by atoms with Crippen molar-refractivity contribution in [2.75, 3.05) is 13.1 Å². The molecule has 1 aromatic rings. The Hall–Kier alpha value is -2.24. The Morgan fingerprint density at radius 2 is 1.65 bits per heavy atom. The van der Waals surface area contributed by atoms with E-state index < -0.39 is 6.09 Å². The van der Waals surface area contributed by atoms with Gasteiger partial charge >= 0.3 is 6.09 Å². The number of carbonyl (C=O) groups is 2. The molecule has 0 saturated carbocycles. The third-order valence-electron chi connectivity index (χ3n) is 2.02. The summed E-state index contributed by atoms with van der Waals surface area (Å²) >= 11 is 0.